The first-order chi connectivity index (χ1) is 25.7. The lowest BCUT2D eigenvalue weighted by molar-refractivity contribution is 0.669. The van der Waals surface area contributed by atoms with E-state index in [1.807, 2.05) is 36.4 Å². The van der Waals surface area contributed by atoms with Crippen molar-refractivity contribution in [3.8, 4) is 56.2 Å². The molecule has 0 radical (unpaired) electrons. The van der Waals surface area contributed by atoms with Gasteiger partial charge in [-0.2, -0.15) is 0 Å². The molecular weight excluding hydrogens is 637 g/mol. The Morgan fingerprint density at radius 1 is 0.385 bits per heavy atom. The molecule has 3 heterocycles. The lowest BCUT2D eigenvalue weighted by atomic mass is 10.00. The summed E-state index contributed by atoms with van der Waals surface area (Å²) in [7, 11) is 0. The number of aromatic nitrogens is 2. The summed E-state index contributed by atoms with van der Waals surface area (Å²) in [5.41, 5.74) is 14.6. The Hall–Kier alpha value is -6.98. The van der Waals surface area contributed by atoms with E-state index in [1.54, 1.807) is 0 Å². The van der Waals surface area contributed by atoms with Crippen LogP contribution >= 0.6 is 0 Å². The molecular formula is C47H32N4O. The molecule has 1 aliphatic heterocycles. The van der Waals surface area contributed by atoms with Crippen LogP contribution in [0.1, 0.15) is 11.7 Å². The molecule has 0 saturated heterocycles. The van der Waals surface area contributed by atoms with Crippen LogP contribution in [0.4, 0.5) is 11.4 Å². The van der Waals surface area contributed by atoms with Crippen molar-refractivity contribution in [3.63, 3.8) is 0 Å². The smallest absolute Gasteiger partial charge is 0.160 e. The zero-order valence-electron chi connectivity index (χ0n) is 28.1. The highest BCUT2D eigenvalue weighted by Gasteiger charge is 2.21. The van der Waals surface area contributed by atoms with Gasteiger partial charge in [0.25, 0.3) is 0 Å². The third-order valence-corrected chi connectivity index (χ3v) is 9.91. The standard InChI is InChI=1S/C47H32N4O/c1-3-9-32(10-4-1)41-29-42(33-19-15-30(16-20-33)36-24-26-45-39(27-36)38-13-7-8-14-44(38)52-45)50-47(49-41)35-21-17-31(18-22-35)37-23-25-40-43(28-37)51-46(48-40)34-11-5-2-6-12-34/h1-29,46,48,51H. The first-order valence-electron chi connectivity index (χ1n) is 17.5. The van der Waals surface area contributed by atoms with Crippen LogP contribution in [0, 0.1) is 0 Å². The quantitative estimate of drug-likeness (QED) is 0.185. The van der Waals surface area contributed by atoms with Crippen molar-refractivity contribution in [1.29, 1.82) is 0 Å². The molecule has 0 bridgehead atoms. The fourth-order valence-corrected chi connectivity index (χ4v) is 7.16. The largest absolute Gasteiger partial charge is 0.456 e. The molecule has 1 aliphatic rings. The number of nitrogens with one attached hydrogen (secondary N) is 2. The van der Waals surface area contributed by atoms with Gasteiger partial charge in [-0.1, -0.05) is 140 Å². The van der Waals surface area contributed by atoms with E-state index in [9.17, 15) is 0 Å². The lowest BCUT2D eigenvalue weighted by Crippen LogP contribution is -2.11. The highest BCUT2D eigenvalue weighted by molar-refractivity contribution is 6.06. The average Bonchev–Trinajstić information content (AvgIpc) is 3.83. The van der Waals surface area contributed by atoms with Gasteiger partial charge in [-0.05, 0) is 64.2 Å². The van der Waals surface area contributed by atoms with Gasteiger partial charge >= 0.3 is 0 Å². The van der Waals surface area contributed by atoms with Gasteiger partial charge in [0.05, 0.1) is 22.8 Å². The van der Waals surface area contributed by atoms with Gasteiger partial charge in [-0.15, -0.1) is 0 Å². The van der Waals surface area contributed by atoms with E-state index in [4.69, 9.17) is 14.4 Å². The number of fused-ring (bicyclic) bond motifs is 4. The number of nitrogens with zero attached hydrogens (tertiary/aromatic N) is 2. The Kier molecular flexibility index (Phi) is 7.14. The van der Waals surface area contributed by atoms with Crippen molar-refractivity contribution in [1.82, 2.24) is 9.97 Å². The van der Waals surface area contributed by atoms with Crippen LogP contribution in [0.3, 0.4) is 0 Å². The topological polar surface area (TPSA) is 63.0 Å². The van der Waals surface area contributed by atoms with E-state index < -0.39 is 0 Å². The van der Waals surface area contributed by atoms with Crippen molar-refractivity contribution >= 4 is 33.3 Å². The first kappa shape index (κ1) is 29.9. The van der Waals surface area contributed by atoms with Crippen LogP contribution in [0.5, 0.6) is 0 Å². The Labute approximate surface area is 301 Å². The molecule has 2 N–H and O–H groups in total. The van der Waals surface area contributed by atoms with Crippen molar-refractivity contribution < 1.29 is 4.42 Å². The second kappa shape index (κ2) is 12.4. The normalized spacial score (nSPS) is 13.5. The molecule has 10 rings (SSSR count). The predicted octanol–water partition coefficient (Wildman–Crippen LogP) is 12.2. The number of anilines is 2. The minimum atomic E-state index is 0.0560. The van der Waals surface area contributed by atoms with Crippen molar-refractivity contribution in [2.24, 2.45) is 0 Å². The molecule has 0 amide bonds. The summed E-state index contributed by atoms with van der Waals surface area (Å²) < 4.78 is 6.06. The Morgan fingerprint density at radius 2 is 0.923 bits per heavy atom. The summed E-state index contributed by atoms with van der Waals surface area (Å²) in [6.45, 7) is 0. The summed E-state index contributed by atoms with van der Waals surface area (Å²) in [6.07, 6.45) is 0.0560. The minimum Gasteiger partial charge on any atom is -0.456 e. The van der Waals surface area contributed by atoms with Crippen LogP contribution in [0.15, 0.2) is 180 Å². The molecule has 0 saturated carbocycles. The van der Waals surface area contributed by atoms with Crippen molar-refractivity contribution in [2.75, 3.05) is 10.6 Å². The number of para-hydroxylation sites is 1. The number of benzene rings is 7. The molecule has 1 unspecified atom stereocenters. The van der Waals surface area contributed by atoms with E-state index in [0.29, 0.717) is 5.82 Å². The number of hydrogen-bond donors (Lipinski definition) is 2. The van der Waals surface area contributed by atoms with Crippen molar-refractivity contribution in [2.45, 2.75) is 6.17 Å². The zero-order chi connectivity index (χ0) is 34.4. The molecule has 9 aromatic rings. The van der Waals surface area contributed by atoms with Gasteiger partial charge in [-0.3, -0.25) is 0 Å². The second-order valence-electron chi connectivity index (χ2n) is 13.2. The molecule has 1 atom stereocenters. The van der Waals surface area contributed by atoms with Crippen LogP contribution in [-0.4, -0.2) is 9.97 Å². The van der Waals surface area contributed by atoms with Crippen LogP contribution in [0.25, 0.3) is 78.1 Å². The highest BCUT2D eigenvalue weighted by Crippen LogP contribution is 2.39. The maximum atomic E-state index is 6.06. The SMILES string of the molecule is c1ccc(-c2cc(-c3ccc(-c4ccc5oc6ccccc6c5c4)cc3)nc(-c3ccc(-c4ccc5c(c4)NC(c4ccccc4)N5)cc3)n2)cc1. The molecule has 246 valence electrons. The molecule has 5 heteroatoms. The van der Waals surface area contributed by atoms with Gasteiger partial charge < -0.3 is 15.1 Å². The second-order valence-corrected chi connectivity index (χ2v) is 13.2. The fraction of sp³-hybridized carbons (Fsp3) is 0.0213. The molecule has 2 aromatic heterocycles. The van der Waals surface area contributed by atoms with Crippen LogP contribution < -0.4 is 10.6 Å². The third kappa shape index (κ3) is 5.45. The molecule has 7 aromatic carbocycles. The van der Waals surface area contributed by atoms with Gasteiger partial charge in [0, 0.05) is 27.5 Å². The average molecular weight is 669 g/mol. The third-order valence-electron chi connectivity index (χ3n) is 9.91. The summed E-state index contributed by atoms with van der Waals surface area (Å²) in [6, 6.07) is 61.1. The molecule has 0 aliphatic carbocycles. The lowest BCUT2D eigenvalue weighted by Gasteiger charge is -2.12. The fourth-order valence-electron chi connectivity index (χ4n) is 7.16. The number of rotatable bonds is 6. The minimum absolute atomic E-state index is 0.0560. The monoisotopic (exact) mass is 668 g/mol. The van der Waals surface area contributed by atoms with Gasteiger partial charge in [0.15, 0.2) is 5.82 Å². The van der Waals surface area contributed by atoms with E-state index in [-0.39, 0.29) is 6.17 Å². The van der Waals surface area contributed by atoms with E-state index in [1.165, 1.54) is 5.56 Å². The summed E-state index contributed by atoms with van der Waals surface area (Å²) >= 11 is 0. The van der Waals surface area contributed by atoms with E-state index >= 15 is 0 Å². The Balaban J connectivity index is 0.962. The summed E-state index contributed by atoms with van der Waals surface area (Å²) in [5, 5.41) is 9.47. The zero-order valence-corrected chi connectivity index (χ0v) is 28.1. The molecule has 5 nitrogen and oxygen atoms in total. The van der Waals surface area contributed by atoms with Crippen LogP contribution in [-0.2, 0) is 0 Å². The molecule has 0 fully saturated rings. The summed E-state index contributed by atoms with van der Waals surface area (Å²) in [4.78, 5) is 10.2. The first-order valence-corrected chi connectivity index (χ1v) is 17.5. The molecule has 0 spiro atoms. The highest BCUT2D eigenvalue weighted by atomic mass is 16.3. The van der Waals surface area contributed by atoms with E-state index in [2.05, 4.69) is 150 Å². The Morgan fingerprint density at radius 3 is 1.67 bits per heavy atom. The van der Waals surface area contributed by atoms with Gasteiger partial charge in [0.1, 0.15) is 17.3 Å². The van der Waals surface area contributed by atoms with Crippen molar-refractivity contribution in [3.05, 3.63) is 181 Å². The maximum absolute atomic E-state index is 6.06. The van der Waals surface area contributed by atoms with Gasteiger partial charge in [-0.25, -0.2) is 9.97 Å². The molecule has 52 heavy (non-hydrogen) atoms. The Bertz CT molecular complexity index is 2720. The van der Waals surface area contributed by atoms with Gasteiger partial charge in [0.2, 0.25) is 0 Å². The summed E-state index contributed by atoms with van der Waals surface area (Å²) in [5.74, 6) is 0.690. The maximum Gasteiger partial charge on any atom is 0.160 e. The van der Waals surface area contributed by atoms with Crippen LogP contribution in [0.2, 0.25) is 0 Å². The number of furan rings is 1. The predicted molar refractivity (Wildman–Crippen MR) is 213 cm³/mol. The number of hydrogen-bond acceptors (Lipinski definition) is 5. The van der Waals surface area contributed by atoms with E-state index in [0.717, 1.165) is 83.6 Å².